The fourth-order valence-corrected chi connectivity index (χ4v) is 4.13. The van der Waals surface area contributed by atoms with Crippen molar-refractivity contribution >= 4 is 68.8 Å². The van der Waals surface area contributed by atoms with E-state index >= 15 is 0 Å². The summed E-state index contributed by atoms with van der Waals surface area (Å²) in [5.41, 5.74) is 2.46. The van der Waals surface area contributed by atoms with Crippen molar-refractivity contribution in [2.24, 2.45) is 0 Å². The van der Waals surface area contributed by atoms with E-state index in [0.717, 1.165) is 15.8 Å². The Hall–Kier alpha value is -1.38. The lowest BCUT2D eigenvalue weighted by Gasteiger charge is -2.35. The Balaban J connectivity index is 1.60. The van der Waals surface area contributed by atoms with Gasteiger partial charge in [0.2, 0.25) is 0 Å². The second-order valence-corrected chi connectivity index (χ2v) is 8.68. The molecule has 0 spiro atoms. The lowest BCUT2D eigenvalue weighted by Crippen LogP contribution is -2.37. The van der Waals surface area contributed by atoms with Crippen molar-refractivity contribution in [3.05, 3.63) is 56.6 Å². The van der Waals surface area contributed by atoms with Crippen LogP contribution in [0, 0.1) is 3.57 Å². The molecule has 1 saturated heterocycles. The van der Waals surface area contributed by atoms with E-state index in [1.54, 1.807) is 12.1 Å². The first-order chi connectivity index (χ1) is 12.9. The van der Waals surface area contributed by atoms with E-state index in [9.17, 15) is 4.79 Å². The van der Waals surface area contributed by atoms with Gasteiger partial charge < -0.3 is 10.2 Å². The number of nitrogens with one attached hydrogen (secondary N) is 2. The predicted octanol–water partition coefficient (Wildman–Crippen LogP) is 5.45. The maximum absolute atomic E-state index is 12.4. The van der Waals surface area contributed by atoms with Gasteiger partial charge >= 0.3 is 0 Å². The predicted molar refractivity (Wildman–Crippen MR) is 125 cm³/mol. The van der Waals surface area contributed by atoms with E-state index < -0.39 is 0 Å². The van der Waals surface area contributed by atoms with Gasteiger partial charge in [0, 0.05) is 27.5 Å². The van der Waals surface area contributed by atoms with E-state index in [0.29, 0.717) is 16.6 Å². The highest BCUT2D eigenvalue weighted by molar-refractivity contribution is 14.1. The third kappa shape index (κ3) is 5.33. The monoisotopic (exact) mass is 513 g/mol. The molecule has 0 bridgehead atoms. The summed E-state index contributed by atoms with van der Waals surface area (Å²) >= 11 is 13.5. The lowest BCUT2D eigenvalue weighted by molar-refractivity contribution is 0.0978. The molecule has 2 aromatic rings. The van der Waals surface area contributed by atoms with Crippen LogP contribution in [-0.2, 0) is 0 Å². The molecule has 27 heavy (non-hydrogen) atoms. The Labute approximate surface area is 183 Å². The standard InChI is InChI=1S/C20H21ClIN3OS/c1-13-4-2-3-11-25(13)16-8-6-15(7-9-16)23-20(27)24-19(26)17-12-14(22)5-10-18(17)21/h5-10,12-13H,2-4,11H2,1H3,(H2,23,24,26,27)/t13-/m0/s1. The van der Waals surface area contributed by atoms with Gasteiger partial charge in [-0.2, -0.15) is 0 Å². The molecule has 0 unspecified atom stereocenters. The summed E-state index contributed by atoms with van der Waals surface area (Å²) in [4.78, 5) is 14.8. The zero-order valence-corrected chi connectivity index (χ0v) is 18.7. The third-order valence-electron chi connectivity index (χ3n) is 4.66. The topological polar surface area (TPSA) is 44.4 Å². The van der Waals surface area contributed by atoms with E-state index in [1.165, 1.54) is 24.9 Å². The molecule has 4 nitrogen and oxygen atoms in total. The number of hydrogen-bond donors (Lipinski definition) is 2. The Bertz CT molecular complexity index is 844. The van der Waals surface area contributed by atoms with Crippen LogP contribution in [0.25, 0.3) is 0 Å². The van der Waals surface area contributed by atoms with Crippen molar-refractivity contribution in [1.29, 1.82) is 0 Å². The fraction of sp³-hybridized carbons (Fsp3) is 0.300. The average molecular weight is 514 g/mol. The van der Waals surface area contributed by atoms with Gasteiger partial charge in [0.1, 0.15) is 0 Å². The van der Waals surface area contributed by atoms with E-state index in [1.807, 2.05) is 18.2 Å². The molecular formula is C20H21ClIN3OS. The molecular weight excluding hydrogens is 493 g/mol. The van der Waals surface area contributed by atoms with Gasteiger partial charge in [0.15, 0.2) is 5.11 Å². The second-order valence-electron chi connectivity index (χ2n) is 6.62. The largest absolute Gasteiger partial charge is 0.369 e. The highest BCUT2D eigenvalue weighted by Crippen LogP contribution is 2.26. The lowest BCUT2D eigenvalue weighted by atomic mass is 10.0. The zero-order valence-electron chi connectivity index (χ0n) is 15.0. The summed E-state index contributed by atoms with van der Waals surface area (Å²) in [5, 5.41) is 6.38. The van der Waals surface area contributed by atoms with Crippen molar-refractivity contribution < 1.29 is 4.79 Å². The number of hydrogen-bond acceptors (Lipinski definition) is 3. The second kappa shape index (κ2) is 9.21. The third-order valence-corrected chi connectivity index (χ3v) is 5.86. The van der Waals surface area contributed by atoms with Gasteiger partial charge in [-0.05, 0) is 103 Å². The molecule has 142 valence electrons. The van der Waals surface area contributed by atoms with Crippen LogP contribution in [-0.4, -0.2) is 23.6 Å². The minimum Gasteiger partial charge on any atom is -0.369 e. The molecule has 0 aliphatic carbocycles. The highest BCUT2D eigenvalue weighted by atomic mass is 127. The number of nitrogens with zero attached hydrogens (tertiary/aromatic N) is 1. The van der Waals surface area contributed by atoms with Gasteiger partial charge in [-0.15, -0.1) is 0 Å². The van der Waals surface area contributed by atoms with Crippen molar-refractivity contribution in [2.75, 3.05) is 16.8 Å². The van der Waals surface area contributed by atoms with Crippen LogP contribution in [0.1, 0.15) is 36.5 Å². The molecule has 0 radical (unpaired) electrons. The van der Waals surface area contributed by atoms with Gasteiger partial charge in [0.05, 0.1) is 10.6 Å². The quantitative estimate of drug-likeness (QED) is 0.423. The minimum atomic E-state index is -0.324. The first-order valence-electron chi connectivity index (χ1n) is 8.88. The van der Waals surface area contributed by atoms with Gasteiger partial charge in [-0.25, -0.2) is 0 Å². The molecule has 1 fully saturated rings. The average Bonchev–Trinajstić information content (AvgIpc) is 2.65. The van der Waals surface area contributed by atoms with Gasteiger partial charge in [0.25, 0.3) is 5.91 Å². The normalized spacial score (nSPS) is 16.7. The molecule has 2 N–H and O–H groups in total. The Morgan fingerprint density at radius 2 is 1.96 bits per heavy atom. The summed E-state index contributed by atoms with van der Waals surface area (Å²) in [6, 6.07) is 14.0. The maximum atomic E-state index is 12.4. The van der Waals surface area contributed by atoms with E-state index in [-0.39, 0.29) is 11.0 Å². The zero-order chi connectivity index (χ0) is 19.4. The van der Waals surface area contributed by atoms with Crippen LogP contribution in [0.5, 0.6) is 0 Å². The number of thiocarbonyl (C=S) groups is 1. The first-order valence-corrected chi connectivity index (χ1v) is 10.7. The molecule has 1 aliphatic rings. The molecule has 1 amide bonds. The number of amides is 1. The number of rotatable bonds is 3. The number of halogens is 2. The van der Waals surface area contributed by atoms with Crippen LogP contribution in [0.3, 0.4) is 0 Å². The van der Waals surface area contributed by atoms with Crippen LogP contribution in [0.4, 0.5) is 11.4 Å². The maximum Gasteiger partial charge on any atom is 0.258 e. The molecule has 1 aliphatic heterocycles. The molecule has 3 rings (SSSR count). The number of benzene rings is 2. The SMILES string of the molecule is C[C@H]1CCCCN1c1ccc(NC(=S)NC(=O)c2cc(I)ccc2Cl)cc1. The summed E-state index contributed by atoms with van der Waals surface area (Å²) in [6.45, 7) is 3.37. The highest BCUT2D eigenvalue weighted by Gasteiger charge is 2.18. The van der Waals surface area contributed by atoms with Crippen LogP contribution >= 0.6 is 46.4 Å². The summed E-state index contributed by atoms with van der Waals surface area (Å²) < 4.78 is 0.934. The molecule has 0 saturated carbocycles. The Kier molecular flexibility index (Phi) is 6.94. The molecule has 2 aromatic carbocycles. The Morgan fingerprint density at radius 3 is 2.67 bits per heavy atom. The van der Waals surface area contributed by atoms with Gasteiger partial charge in [-0.3, -0.25) is 10.1 Å². The fourth-order valence-electron chi connectivity index (χ4n) is 3.22. The van der Waals surface area contributed by atoms with Crippen molar-refractivity contribution in [1.82, 2.24) is 5.32 Å². The van der Waals surface area contributed by atoms with Crippen LogP contribution < -0.4 is 15.5 Å². The first kappa shape index (κ1) is 20.4. The number of carbonyl (C=O) groups excluding carboxylic acids is 1. The smallest absolute Gasteiger partial charge is 0.258 e. The van der Waals surface area contributed by atoms with Crippen molar-refractivity contribution in [2.45, 2.75) is 32.2 Å². The summed E-state index contributed by atoms with van der Waals surface area (Å²) in [5.74, 6) is -0.324. The minimum absolute atomic E-state index is 0.244. The molecule has 7 heteroatoms. The number of carbonyl (C=O) groups is 1. The van der Waals surface area contributed by atoms with Crippen LogP contribution in [0.2, 0.25) is 5.02 Å². The molecule has 1 heterocycles. The summed E-state index contributed by atoms with van der Waals surface area (Å²) in [6.07, 6.45) is 3.77. The number of anilines is 2. The molecule has 1 atom stereocenters. The molecule has 0 aromatic heterocycles. The van der Waals surface area contributed by atoms with E-state index in [2.05, 4.69) is 57.2 Å². The van der Waals surface area contributed by atoms with Gasteiger partial charge in [-0.1, -0.05) is 11.6 Å². The van der Waals surface area contributed by atoms with Crippen molar-refractivity contribution in [3.63, 3.8) is 0 Å². The number of piperidine rings is 1. The van der Waals surface area contributed by atoms with Crippen molar-refractivity contribution in [3.8, 4) is 0 Å². The van der Waals surface area contributed by atoms with E-state index in [4.69, 9.17) is 23.8 Å². The Morgan fingerprint density at radius 1 is 1.22 bits per heavy atom. The summed E-state index contributed by atoms with van der Waals surface area (Å²) in [7, 11) is 0. The van der Waals surface area contributed by atoms with Crippen LogP contribution in [0.15, 0.2) is 42.5 Å².